The van der Waals surface area contributed by atoms with Gasteiger partial charge in [-0.05, 0) is 37.2 Å². The van der Waals surface area contributed by atoms with E-state index in [2.05, 4.69) is 55.3 Å². The molecule has 1 aromatic carbocycles. The Kier molecular flexibility index (Phi) is 9.29. The van der Waals surface area contributed by atoms with Crippen molar-refractivity contribution >= 4 is 0 Å². The number of nitrogens with one attached hydrogen (secondary N) is 1. The Morgan fingerprint density at radius 1 is 1.00 bits per heavy atom. The van der Waals surface area contributed by atoms with Crippen LogP contribution in [0.15, 0.2) is 24.3 Å². The highest BCUT2D eigenvalue weighted by molar-refractivity contribution is 5.21. The molecule has 1 N–H and O–H groups in total. The average Bonchev–Trinajstić information content (AvgIpc) is 2.49. The van der Waals surface area contributed by atoms with E-state index in [1.807, 2.05) is 0 Å². The number of hydrogen-bond acceptors (Lipinski definition) is 3. The highest BCUT2D eigenvalue weighted by Gasteiger charge is 1.99. The summed E-state index contributed by atoms with van der Waals surface area (Å²) in [6.07, 6.45) is 1.18. The van der Waals surface area contributed by atoms with Gasteiger partial charge in [-0.15, -0.1) is 0 Å². The van der Waals surface area contributed by atoms with Crippen LogP contribution in [0.1, 0.15) is 38.3 Å². The fourth-order valence-electron chi connectivity index (χ4n) is 2.09. The molecule has 0 aromatic heterocycles. The molecule has 0 bridgehead atoms. The zero-order chi connectivity index (χ0) is 14.6. The molecule has 1 aromatic rings. The summed E-state index contributed by atoms with van der Waals surface area (Å²) in [5, 5.41) is 3.41. The number of nitrogens with zero attached hydrogens (tertiary/aromatic N) is 1. The molecule has 0 aliphatic rings. The van der Waals surface area contributed by atoms with Gasteiger partial charge in [-0.2, -0.15) is 0 Å². The van der Waals surface area contributed by atoms with Crippen LogP contribution in [0.25, 0.3) is 0 Å². The minimum atomic E-state index is 0.712. The van der Waals surface area contributed by atoms with E-state index < -0.39 is 0 Å². The second-order valence-electron chi connectivity index (χ2n) is 5.07. The van der Waals surface area contributed by atoms with Crippen LogP contribution in [0.4, 0.5) is 0 Å². The van der Waals surface area contributed by atoms with Crippen molar-refractivity contribution in [3.8, 4) is 0 Å². The van der Waals surface area contributed by atoms with E-state index in [0.717, 1.165) is 39.3 Å². The van der Waals surface area contributed by atoms with Gasteiger partial charge >= 0.3 is 0 Å². The Morgan fingerprint density at radius 2 is 1.65 bits per heavy atom. The monoisotopic (exact) mass is 278 g/mol. The first-order valence-electron chi connectivity index (χ1n) is 7.88. The van der Waals surface area contributed by atoms with Crippen LogP contribution in [0.5, 0.6) is 0 Å². The molecule has 0 aliphatic carbocycles. The van der Waals surface area contributed by atoms with Gasteiger partial charge in [0.1, 0.15) is 0 Å². The molecule has 20 heavy (non-hydrogen) atoms. The van der Waals surface area contributed by atoms with Crippen LogP contribution < -0.4 is 5.32 Å². The molecule has 0 heterocycles. The molecule has 0 fully saturated rings. The topological polar surface area (TPSA) is 24.5 Å². The maximum Gasteiger partial charge on any atom is 0.0717 e. The zero-order valence-electron chi connectivity index (χ0n) is 13.3. The lowest BCUT2D eigenvalue weighted by Crippen LogP contribution is -2.26. The van der Waals surface area contributed by atoms with Crippen molar-refractivity contribution in [2.45, 2.75) is 40.3 Å². The number of likely N-dealkylation sites (N-methyl/N-ethyl adjacent to an activating group) is 1. The highest BCUT2D eigenvalue weighted by Crippen LogP contribution is 2.06. The first-order valence-corrected chi connectivity index (χ1v) is 7.88. The summed E-state index contributed by atoms with van der Waals surface area (Å²) >= 11 is 0. The Bertz CT molecular complexity index is 333. The molecule has 0 spiro atoms. The van der Waals surface area contributed by atoms with Gasteiger partial charge in [0.15, 0.2) is 0 Å². The maximum absolute atomic E-state index is 5.73. The van der Waals surface area contributed by atoms with E-state index in [1.165, 1.54) is 17.5 Å². The zero-order valence-corrected chi connectivity index (χ0v) is 13.3. The van der Waals surface area contributed by atoms with Crippen molar-refractivity contribution in [3.05, 3.63) is 35.4 Å². The van der Waals surface area contributed by atoms with Crippen LogP contribution in [0.2, 0.25) is 0 Å². The van der Waals surface area contributed by atoms with Crippen molar-refractivity contribution < 1.29 is 4.74 Å². The molecule has 1 rings (SSSR count). The van der Waals surface area contributed by atoms with E-state index in [0.29, 0.717) is 6.61 Å². The molecule has 0 atom stereocenters. The quantitative estimate of drug-likeness (QED) is 0.630. The predicted molar refractivity (Wildman–Crippen MR) is 85.9 cm³/mol. The Labute approximate surface area is 124 Å². The van der Waals surface area contributed by atoms with Gasteiger partial charge in [0.2, 0.25) is 0 Å². The lowest BCUT2D eigenvalue weighted by molar-refractivity contribution is 0.0956. The number of ether oxygens (including phenoxy) is 1. The summed E-state index contributed by atoms with van der Waals surface area (Å²) < 4.78 is 5.73. The standard InChI is InChI=1S/C17H30N2O/c1-4-11-18-14-16-7-9-17(10-8-16)15-20-13-12-19(5-2)6-3/h7-10,18H,4-6,11-15H2,1-3H3. The second kappa shape index (κ2) is 10.8. The largest absolute Gasteiger partial charge is 0.375 e. The van der Waals surface area contributed by atoms with Crippen LogP contribution in [0, 0.1) is 0 Å². The van der Waals surface area contributed by atoms with E-state index in [-0.39, 0.29) is 0 Å². The third-order valence-electron chi connectivity index (χ3n) is 3.49. The second-order valence-corrected chi connectivity index (χ2v) is 5.07. The van der Waals surface area contributed by atoms with Gasteiger partial charge in [-0.25, -0.2) is 0 Å². The number of rotatable bonds is 11. The first-order chi connectivity index (χ1) is 9.80. The summed E-state index contributed by atoms with van der Waals surface area (Å²) in [7, 11) is 0. The summed E-state index contributed by atoms with van der Waals surface area (Å²) in [5.41, 5.74) is 2.59. The van der Waals surface area contributed by atoms with Crippen LogP contribution in [-0.2, 0) is 17.9 Å². The molecular formula is C17H30N2O. The molecule has 0 radical (unpaired) electrons. The van der Waals surface area contributed by atoms with Crippen LogP contribution in [0.3, 0.4) is 0 Å². The third-order valence-corrected chi connectivity index (χ3v) is 3.49. The van der Waals surface area contributed by atoms with E-state index >= 15 is 0 Å². The molecule has 3 heteroatoms. The van der Waals surface area contributed by atoms with Gasteiger partial charge in [0, 0.05) is 13.1 Å². The average molecular weight is 278 g/mol. The summed E-state index contributed by atoms with van der Waals surface area (Å²) in [6, 6.07) is 8.71. The Balaban J connectivity index is 2.21. The van der Waals surface area contributed by atoms with Gasteiger partial charge in [-0.1, -0.05) is 45.0 Å². The normalized spacial score (nSPS) is 11.2. The minimum absolute atomic E-state index is 0.712. The summed E-state index contributed by atoms with van der Waals surface area (Å²) in [4.78, 5) is 2.38. The molecule has 0 amide bonds. The lowest BCUT2D eigenvalue weighted by atomic mass is 10.1. The van der Waals surface area contributed by atoms with E-state index in [4.69, 9.17) is 4.74 Å². The Morgan fingerprint density at radius 3 is 2.25 bits per heavy atom. The third kappa shape index (κ3) is 7.04. The fraction of sp³-hybridized carbons (Fsp3) is 0.647. The van der Waals surface area contributed by atoms with Crippen LogP contribution >= 0.6 is 0 Å². The van der Waals surface area contributed by atoms with Gasteiger partial charge < -0.3 is 15.0 Å². The van der Waals surface area contributed by atoms with Gasteiger partial charge in [-0.3, -0.25) is 0 Å². The van der Waals surface area contributed by atoms with E-state index in [9.17, 15) is 0 Å². The molecule has 0 saturated heterocycles. The van der Waals surface area contributed by atoms with Crippen molar-refractivity contribution in [1.82, 2.24) is 10.2 Å². The Hall–Kier alpha value is -0.900. The molecule has 114 valence electrons. The van der Waals surface area contributed by atoms with E-state index in [1.54, 1.807) is 0 Å². The molecule has 3 nitrogen and oxygen atoms in total. The fourth-order valence-corrected chi connectivity index (χ4v) is 2.09. The van der Waals surface area contributed by atoms with Crippen LogP contribution in [-0.4, -0.2) is 37.7 Å². The number of hydrogen-bond donors (Lipinski definition) is 1. The molecule has 0 unspecified atom stereocenters. The lowest BCUT2D eigenvalue weighted by Gasteiger charge is -2.17. The first kappa shape index (κ1) is 17.2. The van der Waals surface area contributed by atoms with Crippen molar-refractivity contribution in [1.29, 1.82) is 0 Å². The van der Waals surface area contributed by atoms with Crippen molar-refractivity contribution in [2.24, 2.45) is 0 Å². The van der Waals surface area contributed by atoms with Gasteiger partial charge in [0.25, 0.3) is 0 Å². The SMILES string of the molecule is CCCNCc1ccc(COCCN(CC)CC)cc1. The predicted octanol–water partition coefficient (Wildman–Crippen LogP) is 3.04. The van der Waals surface area contributed by atoms with Crippen molar-refractivity contribution in [2.75, 3.05) is 32.8 Å². The molecular weight excluding hydrogens is 248 g/mol. The van der Waals surface area contributed by atoms with Gasteiger partial charge in [0.05, 0.1) is 13.2 Å². The smallest absolute Gasteiger partial charge is 0.0717 e. The highest BCUT2D eigenvalue weighted by atomic mass is 16.5. The molecule has 0 saturated carbocycles. The number of benzene rings is 1. The minimum Gasteiger partial charge on any atom is -0.375 e. The summed E-state index contributed by atoms with van der Waals surface area (Å²) in [6.45, 7) is 13.3. The van der Waals surface area contributed by atoms with Crippen molar-refractivity contribution in [3.63, 3.8) is 0 Å². The summed E-state index contributed by atoms with van der Waals surface area (Å²) in [5.74, 6) is 0. The molecule has 0 aliphatic heterocycles. The maximum atomic E-state index is 5.73.